The molecule has 0 aliphatic heterocycles. The monoisotopic (exact) mass is 1060 g/mol. The molecule has 0 heterocycles. The summed E-state index contributed by atoms with van der Waals surface area (Å²) in [7, 11) is 0. The fourth-order valence-electron chi connectivity index (χ4n) is 7.77. The topological polar surface area (TPSA) is 78.9 Å². The van der Waals surface area contributed by atoms with Gasteiger partial charge in [0, 0.05) is 12.8 Å². The normalized spacial score (nSPS) is 13.3. The van der Waals surface area contributed by atoms with Crippen molar-refractivity contribution in [1.82, 2.24) is 0 Å². The molecule has 0 aromatic heterocycles. The van der Waals surface area contributed by atoms with Gasteiger partial charge in [-0.2, -0.15) is 0 Å². The zero-order chi connectivity index (χ0) is 55.7. The summed E-state index contributed by atoms with van der Waals surface area (Å²) in [5, 5.41) is 0. The van der Waals surface area contributed by atoms with Crippen LogP contribution in [0.3, 0.4) is 0 Å². The third kappa shape index (κ3) is 61.5. The number of unbranched alkanes of at least 4 members (excludes halogenated alkanes) is 15. The van der Waals surface area contributed by atoms with Gasteiger partial charge in [-0.25, -0.2) is 0 Å². The summed E-state index contributed by atoms with van der Waals surface area (Å²) < 4.78 is 16.8. The van der Waals surface area contributed by atoms with Crippen molar-refractivity contribution < 1.29 is 28.6 Å². The van der Waals surface area contributed by atoms with Crippen LogP contribution in [0, 0.1) is 0 Å². The molecule has 0 aromatic rings. The Hall–Kier alpha value is -5.23. The predicted octanol–water partition coefficient (Wildman–Crippen LogP) is 21.1. The molecule has 0 aliphatic rings. The van der Waals surface area contributed by atoms with Crippen LogP contribution < -0.4 is 0 Å². The van der Waals surface area contributed by atoms with Crippen molar-refractivity contribution >= 4 is 17.9 Å². The van der Waals surface area contributed by atoms with E-state index in [1.165, 1.54) is 64.2 Å². The Bertz CT molecular complexity index is 1790. The van der Waals surface area contributed by atoms with Gasteiger partial charge in [0.15, 0.2) is 6.10 Å². The highest BCUT2D eigenvalue weighted by molar-refractivity contribution is 5.72. The van der Waals surface area contributed by atoms with E-state index in [4.69, 9.17) is 14.2 Å². The van der Waals surface area contributed by atoms with Crippen molar-refractivity contribution in [2.75, 3.05) is 13.2 Å². The molecule has 0 amide bonds. The Morgan fingerprint density at radius 1 is 0.273 bits per heavy atom. The Balaban J connectivity index is 4.50. The summed E-state index contributed by atoms with van der Waals surface area (Å²) in [4.78, 5) is 38.2. The van der Waals surface area contributed by atoms with Crippen LogP contribution in [-0.2, 0) is 28.6 Å². The first-order valence-electron chi connectivity index (χ1n) is 30.6. The SMILES string of the molecule is CC/C=C\C/C=C\C/C=C\C/C=C\C/C=C\CCCCCC(=O)OC(COC(=O)C/C=C\C/C=C\C/C=C\C/C=C\C/C=C\CC)COC(=O)CCCCCCCCCCCCCC/C=C\C/C=C\C/C=C\C/C=C\CC. The molecule has 0 aromatic carbocycles. The molecule has 0 N–H and O–H groups in total. The van der Waals surface area contributed by atoms with Gasteiger partial charge in [-0.15, -0.1) is 0 Å². The average Bonchev–Trinajstić information content (AvgIpc) is 3.43. The van der Waals surface area contributed by atoms with Crippen molar-refractivity contribution in [3.05, 3.63) is 170 Å². The second-order valence-electron chi connectivity index (χ2n) is 19.5. The molecule has 0 bridgehead atoms. The van der Waals surface area contributed by atoms with Crippen LogP contribution in [0.25, 0.3) is 0 Å². The van der Waals surface area contributed by atoms with Crippen LogP contribution in [0.4, 0.5) is 0 Å². The van der Waals surface area contributed by atoms with Crippen molar-refractivity contribution in [1.29, 1.82) is 0 Å². The largest absolute Gasteiger partial charge is 0.462 e. The van der Waals surface area contributed by atoms with Crippen molar-refractivity contribution in [3.8, 4) is 0 Å². The zero-order valence-corrected chi connectivity index (χ0v) is 49.1. The van der Waals surface area contributed by atoms with E-state index in [9.17, 15) is 14.4 Å². The zero-order valence-electron chi connectivity index (χ0n) is 49.1. The van der Waals surface area contributed by atoms with Crippen LogP contribution in [0.2, 0.25) is 0 Å². The first kappa shape index (κ1) is 71.8. The number of hydrogen-bond donors (Lipinski definition) is 0. The lowest BCUT2D eigenvalue weighted by Crippen LogP contribution is -2.30. The molecular weight excluding hydrogens is 949 g/mol. The number of carbonyl (C=O) groups excluding carboxylic acids is 3. The van der Waals surface area contributed by atoms with Gasteiger partial charge in [0.1, 0.15) is 13.2 Å². The molecule has 0 saturated carbocycles. The van der Waals surface area contributed by atoms with Crippen LogP contribution in [-0.4, -0.2) is 37.2 Å². The molecule has 0 fully saturated rings. The standard InChI is InChI=1S/C71H110O6/c1-4-7-10-13-16-19-22-25-28-30-32-33-34-35-36-37-39-40-43-46-49-52-55-58-61-64-70(73)76-67-68(66-75-69(72)63-60-57-54-51-48-45-42-27-24-21-18-15-12-9-6-3)77-71(74)65-62-59-56-53-50-47-44-41-38-31-29-26-23-20-17-14-11-8-5-2/h7-12,16-21,25-29,32-33,38,41-42,47-48,50-51,57,60,68H,4-6,13-15,22-24,30-31,34-37,39-40,43-46,49,52-56,58-59,61-67H2,1-3H3/b10-7-,11-8-,12-9-,19-16-,20-17-,21-18-,28-25-,29-26-,33-32-,41-38-,42-27-,50-47-,51-48-,60-57-. The van der Waals surface area contributed by atoms with Crippen molar-refractivity contribution in [2.45, 2.75) is 245 Å². The Labute approximate surface area is 472 Å². The van der Waals surface area contributed by atoms with Gasteiger partial charge < -0.3 is 14.2 Å². The van der Waals surface area contributed by atoms with Gasteiger partial charge >= 0.3 is 17.9 Å². The smallest absolute Gasteiger partial charge is 0.309 e. The lowest BCUT2D eigenvalue weighted by molar-refractivity contribution is -0.166. The number of rotatable bonds is 53. The molecule has 0 rings (SSSR count). The molecule has 77 heavy (non-hydrogen) atoms. The Morgan fingerprint density at radius 2 is 0.519 bits per heavy atom. The van der Waals surface area contributed by atoms with Gasteiger partial charge in [0.2, 0.25) is 0 Å². The number of esters is 3. The molecule has 6 heteroatoms. The van der Waals surface area contributed by atoms with Crippen molar-refractivity contribution in [2.24, 2.45) is 0 Å². The lowest BCUT2D eigenvalue weighted by Gasteiger charge is -2.18. The van der Waals surface area contributed by atoms with Crippen LogP contribution in [0.15, 0.2) is 170 Å². The molecule has 6 nitrogen and oxygen atoms in total. The maximum absolute atomic E-state index is 12.9. The first-order valence-corrected chi connectivity index (χ1v) is 30.6. The van der Waals surface area contributed by atoms with Gasteiger partial charge in [-0.3, -0.25) is 14.4 Å². The minimum atomic E-state index is -0.846. The number of hydrogen-bond acceptors (Lipinski definition) is 6. The van der Waals surface area contributed by atoms with E-state index in [0.29, 0.717) is 12.8 Å². The molecular formula is C71H110O6. The summed E-state index contributed by atoms with van der Waals surface area (Å²) in [6.07, 6.45) is 93.8. The predicted molar refractivity (Wildman–Crippen MR) is 334 cm³/mol. The second kappa shape index (κ2) is 63.3. The van der Waals surface area contributed by atoms with Crippen LogP contribution in [0.5, 0.6) is 0 Å². The number of ether oxygens (including phenoxy) is 3. The maximum atomic E-state index is 12.9. The fraction of sp³-hybridized carbons (Fsp3) is 0.563. The van der Waals surface area contributed by atoms with E-state index >= 15 is 0 Å². The molecule has 1 atom stereocenters. The third-order valence-corrected chi connectivity index (χ3v) is 12.2. The summed E-state index contributed by atoms with van der Waals surface area (Å²) in [6.45, 7) is 6.17. The summed E-state index contributed by atoms with van der Waals surface area (Å²) in [6, 6.07) is 0. The molecule has 1 unspecified atom stereocenters. The summed E-state index contributed by atoms with van der Waals surface area (Å²) in [5.74, 6) is -1.11. The van der Waals surface area contributed by atoms with E-state index in [1.54, 1.807) is 6.08 Å². The molecule has 0 aliphatic carbocycles. The average molecular weight is 1060 g/mol. The minimum absolute atomic E-state index is 0.111. The molecule has 0 radical (unpaired) electrons. The van der Waals surface area contributed by atoms with Gasteiger partial charge in [0.05, 0.1) is 6.42 Å². The molecule has 0 saturated heterocycles. The minimum Gasteiger partial charge on any atom is -0.462 e. The van der Waals surface area contributed by atoms with Crippen LogP contribution >= 0.6 is 0 Å². The summed E-state index contributed by atoms with van der Waals surface area (Å²) in [5.41, 5.74) is 0. The van der Waals surface area contributed by atoms with E-state index < -0.39 is 12.1 Å². The first-order chi connectivity index (χ1) is 38.0. The van der Waals surface area contributed by atoms with Crippen molar-refractivity contribution in [3.63, 3.8) is 0 Å². The van der Waals surface area contributed by atoms with E-state index in [2.05, 4.69) is 179 Å². The fourth-order valence-corrected chi connectivity index (χ4v) is 7.77. The third-order valence-electron chi connectivity index (χ3n) is 12.2. The highest BCUT2D eigenvalue weighted by atomic mass is 16.6. The summed E-state index contributed by atoms with van der Waals surface area (Å²) >= 11 is 0. The highest BCUT2D eigenvalue weighted by Crippen LogP contribution is 2.14. The van der Waals surface area contributed by atoms with Gasteiger partial charge in [-0.05, 0) is 128 Å². The van der Waals surface area contributed by atoms with Gasteiger partial charge in [0.25, 0.3) is 0 Å². The highest BCUT2D eigenvalue weighted by Gasteiger charge is 2.19. The van der Waals surface area contributed by atoms with E-state index in [-0.39, 0.29) is 38.0 Å². The Morgan fingerprint density at radius 3 is 0.857 bits per heavy atom. The van der Waals surface area contributed by atoms with Gasteiger partial charge in [-0.1, -0.05) is 262 Å². The molecule has 430 valence electrons. The molecule has 0 spiro atoms. The van der Waals surface area contributed by atoms with E-state index in [1.807, 2.05) is 6.08 Å². The quantitative estimate of drug-likeness (QED) is 0.0261. The second-order valence-corrected chi connectivity index (χ2v) is 19.5. The number of allylic oxidation sites excluding steroid dienone is 27. The lowest BCUT2D eigenvalue weighted by atomic mass is 10.0. The Kier molecular flexibility index (Phi) is 59.0. The van der Waals surface area contributed by atoms with Crippen LogP contribution in [0.1, 0.15) is 239 Å². The van der Waals surface area contributed by atoms with E-state index in [0.717, 1.165) is 128 Å². The number of carbonyl (C=O) groups is 3. The maximum Gasteiger partial charge on any atom is 0.309 e.